The number of carbonyl (C=O) groups is 1. The summed E-state index contributed by atoms with van der Waals surface area (Å²) in [7, 11) is 0. The van der Waals surface area contributed by atoms with Crippen LogP contribution in [0.15, 0.2) is 12.1 Å². The number of carbonyl (C=O) groups excluding carboxylic acids is 1. The van der Waals surface area contributed by atoms with Gasteiger partial charge in [0, 0.05) is 18.7 Å². The minimum absolute atomic E-state index is 0.0270. The molecular weight excluding hydrogens is 374 g/mol. The van der Waals surface area contributed by atoms with Crippen LogP contribution >= 0.6 is 0 Å². The van der Waals surface area contributed by atoms with Gasteiger partial charge in [0.15, 0.2) is 0 Å². The summed E-state index contributed by atoms with van der Waals surface area (Å²) < 4.78 is 28.0. The average Bonchev–Trinajstić information content (AvgIpc) is 2.69. The van der Waals surface area contributed by atoms with Gasteiger partial charge in [0.25, 0.3) is 0 Å². The molecule has 3 aliphatic rings. The number of benzene rings is 1. The Morgan fingerprint density at radius 3 is 2.69 bits per heavy atom. The number of aliphatic hydroxyl groups is 1. The summed E-state index contributed by atoms with van der Waals surface area (Å²) >= 11 is 0. The van der Waals surface area contributed by atoms with Crippen molar-refractivity contribution in [2.24, 2.45) is 0 Å². The van der Waals surface area contributed by atoms with Gasteiger partial charge < -0.3 is 15.3 Å². The van der Waals surface area contributed by atoms with E-state index in [2.05, 4.69) is 5.32 Å². The first-order valence-corrected chi connectivity index (χ1v) is 11.2. The van der Waals surface area contributed by atoms with Crippen molar-refractivity contribution in [2.75, 3.05) is 6.54 Å². The van der Waals surface area contributed by atoms with E-state index in [-0.39, 0.29) is 18.1 Å². The van der Waals surface area contributed by atoms with Gasteiger partial charge >= 0.3 is 6.03 Å². The van der Waals surface area contributed by atoms with Crippen LogP contribution in [-0.2, 0) is 6.42 Å². The first-order chi connectivity index (χ1) is 14.0. The van der Waals surface area contributed by atoms with Crippen LogP contribution in [0.2, 0.25) is 0 Å². The van der Waals surface area contributed by atoms with Crippen LogP contribution in [0, 0.1) is 11.6 Å². The van der Waals surface area contributed by atoms with E-state index in [0.29, 0.717) is 36.9 Å². The normalized spacial score (nSPS) is 26.7. The van der Waals surface area contributed by atoms with E-state index in [9.17, 15) is 18.7 Å². The number of piperidine rings is 1. The number of rotatable bonds is 3. The van der Waals surface area contributed by atoms with Crippen LogP contribution in [0.5, 0.6) is 0 Å². The number of nitrogens with one attached hydrogen (secondary N) is 1. The van der Waals surface area contributed by atoms with E-state index in [0.717, 1.165) is 57.4 Å². The lowest BCUT2D eigenvalue weighted by atomic mass is 9.79. The second-order valence-electron chi connectivity index (χ2n) is 9.18. The Hall–Kier alpha value is -1.69. The molecule has 6 heteroatoms. The smallest absolute Gasteiger partial charge is 0.318 e. The van der Waals surface area contributed by atoms with Gasteiger partial charge in [0.05, 0.1) is 11.6 Å². The quantitative estimate of drug-likeness (QED) is 0.743. The molecule has 1 saturated carbocycles. The third kappa shape index (κ3) is 4.57. The van der Waals surface area contributed by atoms with Gasteiger partial charge in [-0.15, -0.1) is 0 Å². The fourth-order valence-corrected chi connectivity index (χ4v) is 5.55. The lowest BCUT2D eigenvalue weighted by Gasteiger charge is -2.42. The Morgan fingerprint density at radius 1 is 1.10 bits per heavy atom. The highest BCUT2D eigenvalue weighted by Crippen LogP contribution is 2.36. The van der Waals surface area contributed by atoms with Crippen LogP contribution in [0.25, 0.3) is 0 Å². The van der Waals surface area contributed by atoms with Crippen LogP contribution in [0.1, 0.15) is 87.8 Å². The molecule has 1 aromatic rings. The van der Waals surface area contributed by atoms with Crippen LogP contribution in [0.3, 0.4) is 0 Å². The Labute approximate surface area is 171 Å². The van der Waals surface area contributed by atoms with Crippen molar-refractivity contribution in [3.8, 4) is 0 Å². The van der Waals surface area contributed by atoms with Crippen molar-refractivity contribution in [3.05, 3.63) is 34.9 Å². The summed E-state index contributed by atoms with van der Waals surface area (Å²) in [4.78, 5) is 15.0. The molecule has 160 valence electrons. The summed E-state index contributed by atoms with van der Waals surface area (Å²) in [5, 5.41) is 14.0. The van der Waals surface area contributed by atoms with Gasteiger partial charge in [-0.25, -0.2) is 13.6 Å². The van der Waals surface area contributed by atoms with Crippen molar-refractivity contribution >= 4 is 6.03 Å². The highest BCUT2D eigenvalue weighted by atomic mass is 19.1. The Morgan fingerprint density at radius 2 is 1.90 bits per heavy atom. The SMILES string of the molecule is O=C(N[C@@H]1CCCc2c(F)cc(F)cc21)N1CCCCC1CC1(O)CCCCC1. The summed E-state index contributed by atoms with van der Waals surface area (Å²) in [5.41, 5.74) is 0.430. The molecule has 4 nitrogen and oxygen atoms in total. The lowest BCUT2D eigenvalue weighted by Crippen LogP contribution is -2.52. The second kappa shape index (κ2) is 8.58. The fourth-order valence-electron chi connectivity index (χ4n) is 5.55. The van der Waals surface area contributed by atoms with E-state index in [1.807, 2.05) is 4.90 Å². The summed E-state index contributed by atoms with van der Waals surface area (Å²) in [6.07, 6.45) is 10.5. The summed E-state index contributed by atoms with van der Waals surface area (Å²) in [6.45, 7) is 0.670. The van der Waals surface area contributed by atoms with Crippen molar-refractivity contribution < 1.29 is 18.7 Å². The lowest BCUT2D eigenvalue weighted by molar-refractivity contribution is -0.0272. The van der Waals surface area contributed by atoms with Gasteiger partial charge in [-0.3, -0.25) is 0 Å². The molecule has 2 N–H and O–H groups in total. The van der Waals surface area contributed by atoms with Gasteiger partial charge in [-0.05, 0) is 75.0 Å². The highest BCUT2D eigenvalue weighted by molar-refractivity contribution is 5.75. The summed E-state index contributed by atoms with van der Waals surface area (Å²) in [6, 6.07) is 1.78. The summed E-state index contributed by atoms with van der Waals surface area (Å²) in [5.74, 6) is -1.12. The predicted octanol–water partition coefficient (Wildman–Crippen LogP) is 4.99. The minimum Gasteiger partial charge on any atom is -0.390 e. The number of hydrogen-bond donors (Lipinski definition) is 2. The standard InChI is InChI=1S/C23H32F2N2O2/c24-16-13-19-18(20(25)14-16)8-6-9-21(19)26-22(28)27-12-5-2-7-17(27)15-23(29)10-3-1-4-11-23/h13-14,17,21,29H,1-12,15H2,(H,26,28)/t17?,21-/m1/s1. The molecule has 29 heavy (non-hydrogen) atoms. The first kappa shape index (κ1) is 20.6. The van der Waals surface area contributed by atoms with Crippen molar-refractivity contribution in [2.45, 2.75) is 94.7 Å². The molecule has 1 aliphatic heterocycles. The van der Waals surface area contributed by atoms with Gasteiger partial charge in [0.1, 0.15) is 11.6 Å². The van der Waals surface area contributed by atoms with Crippen LogP contribution in [0.4, 0.5) is 13.6 Å². The van der Waals surface area contributed by atoms with Gasteiger partial charge in [-0.1, -0.05) is 19.3 Å². The first-order valence-electron chi connectivity index (χ1n) is 11.2. The van der Waals surface area contributed by atoms with Crippen LogP contribution in [-0.4, -0.2) is 34.2 Å². The Kier molecular flexibility index (Phi) is 6.09. The van der Waals surface area contributed by atoms with E-state index in [1.54, 1.807) is 0 Å². The van der Waals surface area contributed by atoms with E-state index in [4.69, 9.17) is 0 Å². The average molecular weight is 407 g/mol. The molecule has 2 amide bonds. The number of halogens is 2. The number of fused-ring (bicyclic) bond motifs is 1. The molecule has 2 aliphatic carbocycles. The molecule has 0 bridgehead atoms. The van der Waals surface area contributed by atoms with Gasteiger partial charge in [0.2, 0.25) is 0 Å². The number of hydrogen-bond acceptors (Lipinski definition) is 2. The van der Waals surface area contributed by atoms with Crippen molar-refractivity contribution in [1.29, 1.82) is 0 Å². The third-order valence-corrected chi connectivity index (χ3v) is 7.08. The number of amides is 2. The molecular formula is C23H32F2N2O2. The van der Waals surface area contributed by atoms with Gasteiger partial charge in [-0.2, -0.15) is 0 Å². The van der Waals surface area contributed by atoms with E-state index >= 15 is 0 Å². The van der Waals surface area contributed by atoms with E-state index in [1.165, 1.54) is 12.5 Å². The zero-order valence-corrected chi connectivity index (χ0v) is 17.1. The largest absolute Gasteiger partial charge is 0.390 e. The maximum atomic E-state index is 14.2. The van der Waals surface area contributed by atoms with Crippen molar-refractivity contribution in [3.63, 3.8) is 0 Å². The minimum atomic E-state index is -0.664. The number of nitrogens with zero attached hydrogens (tertiary/aromatic N) is 1. The maximum Gasteiger partial charge on any atom is 0.318 e. The zero-order chi connectivity index (χ0) is 20.4. The molecule has 2 fully saturated rings. The second-order valence-corrected chi connectivity index (χ2v) is 9.18. The monoisotopic (exact) mass is 406 g/mol. The molecule has 1 aromatic carbocycles. The molecule has 4 rings (SSSR count). The zero-order valence-electron chi connectivity index (χ0n) is 17.1. The molecule has 1 heterocycles. The molecule has 2 atom stereocenters. The Balaban J connectivity index is 1.47. The highest BCUT2D eigenvalue weighted by Gasteiger charge is 2.37. The molecule has 1 saturated heterocycles. The maximum absolute atomic E-state index is 14.2. The molecule has 0 aromatic heterocycles. The number of likely N-dealkylation sites (tertiary alicyclic amines) is 1. The van der Waals surface area contributed by atoms with Crippen LogP contribution < -0.4 is 5.32 Å². The third-order valence-electron chi connectivity index (χ3n) is 7.08. The molecule has 0 spiro atoms. The number of urea groups is 1. The van der Waals surface area contributed by atoms with Crippen molar-refractivity contribution in [1.82, 2.24) is 10.2 Å². The Bertz CT molecular complexity index is 749. The molecule has 1 unspecified atom stereocenters. The van der Waals surface area contributed by atoms with E-state index < -0.39 is 17.2 Å². The topological polar surface area (TPSA) is 52.6 Å². The molecule has 0 radical (unpaired) electrons. The fraction of sp³-hybridized carbons (Fsp3) is 0.696. The predicted molar refractivity (Wildman–Crippen MR) is 108 cm³/mol.